The minimum absolute atomic E-state index is 0.0921. The smallest absolute Gasteiger partial charge is 0.475 e. The summed E-state index contributed by atoms with van der Waals surface area (Å²) in [7, 11) is 0. The summed E-state index contributed by atoms with van der Waals surface area (Å²) < 4.78 is 101. The average Bonchev–Trinajstić information content (AvgIpc) is 2.88. The van der Waals surface area contributed by atoms with Crippen molar-refractivity contribution in [3.05, 3.63) is 30.1 Å². The fraction of sp³-hybridized carbons (Fsp3) is 0.680. The van der Waals surface area contributed by atoms with Crippen molar-refractivity contribution in [1.29, 1.82) is 0 Å². The molecule has 0 amide bonds. The van der Waals surface area contributed by atoms with Crippen molar-refractivity contribution < 1.29 is 74.0 Å². The highest BCUT2D eigenvalue weighted by Gasteiger charge is 2.40. The summed E-state index contributed by atoms with van der Waals surface area (Å²) in [6.07, 6.45) is -7.77. The molecular weight excluding hydrogens is 625 g/mol. The highest BCUT2D eigenvalue weighted by atomic mass is 19.4. The summed E-state index contributed by atoms with van der Waals surface area (Å²) in [4.78, 5) is 36.1. The van der Waals surface area contributed by atoms with Crippen LogP contribution in [0.15, 0.2) is 24.5 Å². The third-order valence-corrected chi connectivity index (χ3v) is 5.97. The van der Waals surface area contributed by atoms with Crippen LogP contribution in [0.5, 0.6) is 0 Å². The number of carboxylic acids is 3. The van der Waals surface area contributed by atoms with Gasteiger partial charge in [-0.2, -0.15) is 39.5 Å². The number of alkyl halides is 9. The minimum atomic E-state index is -5.08. The van der Waals surface area contributed by atoms with Crippen molar-refractivity contribution in [2.24, 2.45) is 5.92 Å². The average molecular weight is 660 g/mol. The van der Waals surface area contributed by atoms with Crippen LogP contribution in [0.2, 0.25) is 0 Å². The van der Waals surface area contributed by atoms with Gasteiger partial charge in [-0.1, -0.05) is 19.9 Å². The summed E-state index contributed by atoms with van der Waals surface area (Å²) in [5, 5.41) is 21.4. The molecule has 0 atom stereocenters. The first-order chi connectivity index (χ1) is 20.0. The van der Waals surface area contributed by atoms with Crippen molar-refractivity contribution in [3.63, 3.8) is 0 Å². The van der Waals surface area contributed by atoms with Gasteiger partial charge >= 0.3 is 36.4 Å². The highest BCUT2D eigenvalue weighted by Crippen LogP contribution is 2.31. The van der Waals surface area contributed by atoms with Gasteiger partial charge in [-0.15, -0.1) is 0 Å². The molecule has 254 valence electrons. The number of halogens is 9. The first kappa shape index (κ1) is 40.8. The topological polar surface area (TPSA) is 140 Å². The molecule has 19 heteroatoms. The number of piperidine rings is 1. The molecule has 0 bridgehead atoms. The molecule has 3 rings (SSSR count). The number of rotatable bonds is 5. The van der Waals surface area contributed by atoms with Crippen molar-refractivity contribution in [2.75, 3.05) is 39.3 Å². The summed E-state index contributed by atoms with van der Waals surface area (Å²) >= 11 is 0. The van der Waals surface area contributed by atoms with E-state index in [1.165, 1.54) is 44.5 Å². The van der Waals surface area contributed by atoms with Crippen LogP contribution in [0.1, 0.15) is 38.7 Å². The van der Waals surface area contributed by atoms with Crippen LogP contribution >= 0.6 is 0 Å². The highest BCUT2D eigenvalue weighted by molar-refractivity contribution is 5.73. The molecular formula is C25H34F9N3O7. The quantitative estimate of drug-likeness (QED) is 0.382. The maximum atomic E-state index is 10.6. The van der Waals surface area contributed by atoms with E-state index >= 15 is 0 Å². The van der Waals surface area contributed by atoms with Gasteiger partial charge in [0.15, 0.2) is 0 Å². The van der Waals surface area contributed by atoms with Gasteiger partial charge in [-0.25, -0.2) is 14.4 Å². The van der Waals surface area contributed by atoms with Crippen molar-refractivity contribution in [3.8, 4) is 0 Å². The fourth-order valence-corrected chi connectivity index (χ4v) is 3.74. The number of aromatic nitrogens is 1. The maximum absolute atomic E-state index is 10.6. The van der Waals surface area contributed by atoms with E-state index in [0.717, 1.165) is 32.2 Å². The van der Waals surface area contributed by atoms with E-state index < -0.39 is 36.4 Å². The zero-order valence-corrected chi connectivity index (χ0v) is 23.7. The molecule has 10 nitrogen and oxygen atoms in total. The van der Waals surface area contributed by atoms with Gasteiger partial charge in [0.05, 0.1) is 12.2 Å². The third kappa shape index (κ3) is 17.8. The van der Waals surface area contributed by atoms with Crippen LogP contribution in [0.4, 0.5) is 39.5 Å². The SMILES string of the molecule is CC(C)CCN1CCC2(CC1)CN(Cc1cccnc1)CCO2.O=C(O)C(F)(F)F.O=C(O)C(F)(F)F.O=C(O)C(F)(F)F. The van der Waals surface area contributed by atoms with Crippen LogP contribution in [0.25, 0.3) is 0 Å². The monoisotopic (exact) mass is 659 g/mol. The first-order valence-electron chi connectivity index (χ1n) is 12.9. The number of hydrogen-bond acceptors (Lipinski definition) is 7. The molecule has 0 aliphatic carbocycles. The largest absolute Gasteiger partial charge is 0.490 e. The van der Waals surface area contributed by atoms with Gasteiger partial charge in [0.1, 0.15) is 0 Å². The summed E-state index contributed by atoms with van der Waals surface area (Å²) in [5.74, 6) is -7.47. The van der Waals surface area contributed by atoms with Crippen LogP contribution in [-0.4, -0.2) is 111 Å². The molecule has 1 aromatic heterocycles. The molecule has 0 aromatic carbocycles. The summed E-state index contributed by atoms with van der Waals surface area (Å²) in [5.41, 5.74) is 1.40. The van der Waals surface area contributed by atoms with Crippen molar-refractivity contribution >= 4 is 17.9 Å². The Hall–Kier alpha value is -3.19. The Morgan fingerprint density at radius 2 is 1.32 bits per heavy atom. The predicted molar refractivity (Wildman–Crippen MR) is 134 cm³/mol. The molecule has 0 saturated carbocycles. The molecule has 0 unspecified atom stereocenters. The Kier molecular flexibility index (Phi) is 16.6. The number of hydrogen-bond donors (Lipinski definition) is 3. The fourth-order valence-electron chi connectivity index (χ4n) is 3.74. The van der Waals surface area contributed by atoms with Crippen molar-refractivity contribution in [2.45, 2.75) is 63.8 Å². The predicted octanol–water partition coefficient (Wildman–Crippen LogP) is 4.69. The van der Waals surface area contributed by atoms with E-state index in [-0.39, 0.29) is 5.60 Å². The van der Waals surface area contributed by atoms with Gasteiger partial charge in [0.2, 0.25) is 0 Å². The number of carbonyl (C=O) groups is 3. The zero-order chi connectivity index (χ0) is 34.4. The molecule has 2 fully saturated rings. The maximum Gasteiger partial charge on any atom is 0.490 e. The van der Waals surface area contributed by atoms with E-state index in [2.05, 4.69) is 34.7 Å². The normalized spacial score (nSPS) is 17.3. The molecule has 2 aliphatic rings. The summed E-state index contributed by atoms with van der Waals surface area (Å²) in [6.45, 7) is 12.2. The summed E-state index contributed by atoms with van der Waals surface area (Å²) in [6, 6.07) is 4.20. The van der Waals surface area contributed by atoms with E-state index in [9.17, 15) is 39.5 Å². The number of pyridine rings is 1. The van der Waals surface area contributed by atoms with Gasteiger partial charge < -0.3 is 25.0 Å². The molecule has 1 aromatic rings. The van der Waals surface area contributed by atoms with Crippen LogP contribution < -0.4 is 0 Å². The van der Waals surface area contributed by atoms with Gasteiger partial charge in [-0.05, 0) is 43.4 Å². The Morgan fingerprint density at radius 1 is 0.864 bits per heavy atom. The van der Waals surface area contributed by atoms with Crippen LogP contribution in [-0.2, 0) is 25.7 Å². The number of likely N-dealkylation sites (tertiary alicyclic amines) is 1. The van der Waals surface area contributed by atoms with E-state index in [4.69, 9.17) is 34.4 Å². The lowest BCUT2D eigenvalue weighted by Crippen LogP contribution is -2.56. The second-order valence-corrected chi connectivity index (χ2v) is 10.0. The van der Waals surface area contributed by atoms with E-state index in [1.807, 2.05) is 18.5 Å². The molecule has 0 radical (unpaired) electrons. The molecule has 2 saturated heterocycles. The van der Waals surface area contributed by atoms with Gasteiger partial charge in [0.25, 0.3) is 0 Å². The lowest BCUT2D eigenvalue weighted by Gasteiger charge is -2.47. The molecule has 3 heterocycles. The van der Waals surface area contributed by atoms with E-state index in [1.54, 1.807) is 0 Å². The third-order valence-electron chi connectivity index (χ3n) is 5.97. The number of ether oxygens (including phenoxy) is 1. The van der Waals surface area contributed by atoms with Crippen LogP contribution in [0, 0.1) is 5.92 Å². The van der Waals surface area contributed by atoms with Gasteiger partial charge in [0, 0.05) is 45.1 Å². The molecule has 44 heavy (non-hydrogen) atoms. The number of morpholine rings is 1. The Bertz CT molecular complexity index is 956. The molecule has 3 N–H and O–H groups in total. The molecule has 1 spiro atoms. The van der Waals surface area contributed by atoms with E-state index in [0.29, 0.717) is 0 Å². The van der Waals surface area contributed by atoms with Crippen LogP contribution in [0.3, 0.4) is 0 Å². The van der Waals surface area contributed by atoms with Crippen molar-refractivity contribution in [1.82, 2.24) is 14.8 Å². The zero-order valence-electron chi connectivity index (χ0n) is 23.7. The Labute approximate surface area is 246 Å². The lowest BCUT2D eigenvalue weighted by atomic mass is 9.89. The number of aliphatic carboxylic acids is 3. The van der Waals surface area contributed by atoms with Gasteiger partial charge in [-0.3, -0.25) is 9.88 Å². The number of carboxylic acid groups (broad SMARTS) is 3. The second kappa shape index (κ2) is 17.9. The Morgan fingerprint density at radius 3 is 1.68 bits per heavy atom. The Balaban J connectivity index is 0.000000721. The molecule has 2 aliphatic heterocycles. The second-order valence-electron chi connectivity index (χ2n) is 10.0. The minimum Gasteiger partial charge on any atom is -0.475 e. The number of nitrogens with zero attached hydrogens (tertiary/aromatic N) is 3. The first-order valence-corrected chi connectivity index (χ1v) is 12.9. The lowest BCUT2D eigenvalue weighted by molar-refractivity contribution is -0.193. The standard InChI is InChI=1S/C19H31N3O.3C2HF3O2/c1-17(2)5-9-21-10-6-19(7-11-21)16-22(12-13-23-19)15-18-4-3-8-20-14-18;3*3-2(4,5)1(6)7/h3-4,8,14,17H,5-7,9-13,15-16H2,1-2H3;3*(H,6,7).